The van der Waals surface area contributed by atoms with E-state index in [0.29, 0.717) is 25.4 Å². The Hall–Kier alpha value is -2.20. The smallest absolute Gasteiger partial charge is 0.410 e. The van der Waals surface area contributed by atoms with Crippen LogP contribution in [0.4, 0.5) is 10.5 Å². The number of para-hydroxylation sites is 1. The molecule has 1 aromatic carbocycles. The maximum atomic E-state index is 12.9. The number of benzene rings is 1. The predicted octanol–water partition coefficient (Wildman–Crippen LogP) is 2.61. The number of hydrogen-bond donors (Lipinski definition) is 0. The first-order valence-corrected chi connectivity index (χ1v) is 10.9. The lowest BCUT2D eigenvalue weighted by Gasteiger charge is -2.38. The van der Waals surface area contributed by atoms with Crippen molar-refractivity contribution in [3.05, 3.63) is 34.4 Å². The van der Waals surface area contributed by atoms with Gasteiger partial charge >= 0.3 is 6.09 Å². The van der Waals surface area contributed by atoms with Crippen LogP contribution in [0, 0.1) is 16.0 Å². The SMILES string of the molecule is CCC(C)C1COC(=O)N1C1CCN(S(=O)(=O)c2ccccc2[N+](=O)[O-])CC1. The maximum Gasteiger partial charge on any atom is 0.410 e. The molecule has 0 saturated carbocycles. The van der Waals surface area contributed by atoms with Crippen LogP contribution in [0.15, 0.2) is 29.2 Å². The van der Waals surface area contributed by atoms with Crippen LogP contribution >= 0.6 is 0 Å². The number of hydrogen-bond acceptors (Lipinski definition) is 6. The molecule has 0 spiro atoms. The Morgan fingerprint density at radius 3 is 2.54 bits per heavy atom. The zero-order valence-corrected chi connectivity index (χ0v) is 16.8. The van der Waals surface area contributed by atoms with Gasteiger partial charge in [-0.15, -0.1) is 0 Å². The van der Waals surface area contributed by atoms with Crippen LogP contribution in [0.25, 0.3) is 0 Å². The minimum Gasteiger partial charge on any atom is -0.447 e. The topological polar surface area (TPSA) is 110 Å². The molecule has 0 aliphatic carbocycles. The molecule has 0 aromatic heterocycles. The Morgan fingerprint density at radius 1 is 1.29 bits per heavy atom. The van der Waals surface area contributed by atoms with Gasteiger partial charge in [0, 0.05) is 25.2 Å². The molecule has 1 aromatic rings. The summed E-state index contributed by atoms with van der Waals surface area (Å²) in [5.41, 5.74) is -0.426. The highest BCUT2D eigenvalue weighted by Crippen LogP contribution is 2.32. The van der Waals surface area contributed by atoms with Crippen LogP contribution in [0.2, 0.25) is 0 Å². The third-order valence-electron chi connectivity index (χ3n) is 5.74. The van der Waals surface area contributed by atoms with Crippen molar-refractivity contribution in [1.82, 2.24) is 9.21 Å². The lowest BCUT2D eigenvalue weighted by molar-refractivity contribution is -0.387. The molecule has 0 bridgehead atoms. The monoisotopic (exact) mass is 411 g/mol. The van der Waals surface area contributed by atoms with Crippen LogP contribution < -0.4 is 0 Å². The maximum absolute atomic E-state index is 12.9. The molecule has 9 nitrogen and oxygen atoms in total. The van der Waals surface area contributed by atoms with E-state index in [4.69, 9.17) is 4.74 Å². The molecule has 1 amide bonds. The first kappa shape index (κ1) is 20.5. The molecule has 2 saturated heterocycles. The summed E-state index contributed by atoms with van der Waals surface area (Å²) in [7, 11) is -3.98. The van der Waals surface area contributed by atoms with Gasteiger partial charge in [-0.3, -0.25) is 15.0 Å². The van der Waals surface area contributed by atoms with Crippen LogP contribution in [0.5, 0.6) is 0 Å². The van der Waals surface area contributed by atoms with Gasteiger partial charge < -0.3 is 4.74 Å². The van der Waals surface area contributed by atoms with Crippen molar-refractivity contribution >= 4 is 21.8 Å². The van der Waals surface area contributed by atoms with Gasteiger partial charge in [0.2, 0.25) is 10.0 Å². The van der Waals surface area contributed by atoms with Crippen LogP contribution in [-0.2, 0) is 14.8 Å². The van der Waals surface area contributed by atoms with Crippen molar-refractivity contribution in [2.24, 2.45) is 5.92 Å². The fourth-order valence-electron chi connectivity index (χ4n) is 3.90. The van der Waals surface area contributed by atoms with Gasteiger partial charge in [0.05, 0.1) is 11.0 Å². The van der Waals surface area contributed by atoms with Gasteiger partial charge in [0.25, 0.3) is 5.69 Å². The fraction of sp³-hybridized carbons (Fsp3) is 0.611. The van der Waals surface area contributed by atoms with E-state index in [-0.39, 0.29) is 36.2 Å². The first-order valence-electron chi connectivity index (χ1n) is 9.46. The molecule has 2 heterocycles. The molecule has 2 aliphatic heterocycles. The Morgan fingerprint density at radius 2 is 1.93 bits per heavy atom. The number of amides is 1. The number of nitrogens with zero attached hydrogens (tertiary/aromatic N) is 3. The van der Waals surface area contributed by atoms with Crippen molar-refractivity contribution in [3.8, 4) is 0 Å². The van der Waals surface area contributed by atoms with Crippen molar-refractivity contribution < 1.29 is 22.9 Å². The Bertz CT molecular complexity index is 851. The van der Waals surface area contributed by atoms with E-state index in [2.05, 4.69) is 13.8 Å². The van der Waals surface area contributed by atoms with Crippen molar-refractivity contribution in [1.29, 1.82) is 0 Å². The summed E-state index contributed by atoms with van der Waals surface area (Å²) in [6, 6.07) is 5.28. The average Bonchev–Trinajstić information content (AvgIpc) is 3.08. The number of ether oxygens (including phenoxy) is 1. The van der Waals surface area contributed by atoms with Crippen molar-refractivity contribution in [3.63, 3.8) is 0 Å². The number of cyclic esters (lactones) is 1. The summed E-state index contributed by atoms with van der Waals surface area (Å²) in [4.78, 5) is 24.2. The van der Waals surface area contributed by atoms with Crippen molar-refractivity contribution in [2.45, 2.75) is 50.1 Å². The van der Waals surface area contributed by atoms with Crippen LogP contribution in [-0.4, -0.2) is 60.4 Å². The standard InChI is InChI=1S/C18H25N3O6S/c1-3-13(2)16-12-27-18(22)20(16)14-8-10-19(11-9-14)28(25,26)17-7-5-4-6-15(17)21(23)24/h4-7,13-14,16H,3,8-12H2,1-2H3. The van der Waals surface area contributed by atoms with E-state index in [1.54, 1.807) is 4.90 Å². The second kappa shape index (κ2) is 8.04. The van der Waals surface area contributed by atoms with Gasteiger partial charge in [0.15, 0.2) is 4.90 Å². The lowest BCUT2D eigenvalue weighted by Crippen LogP contribution is -2.51. The molecule has 2 atom stereocenters. The highest BCUT2D eigenvalue weighted by atomic mass is 32.2. The van der Waals surface area contributed by atoms with Gasteiger partial charge in [-0.25, -0.2) is 13.2 Å². The Balaban J connectivity index is 1.75. The zero-order chi connectivity index (χ0) is 20.5. The summed E-state index contributed by atoms with van der Waals surface area (Å²) in [5.74, 6) is 0.292. The number of carbonyl (C=O) groups is 1. The molecule has 3 rings (SSSR count). The second-order valence-corrected chi connectivity index (χ2v) is 9.20. The Labute approximate surface area is 164 Å². The molecule has 0 N–H and O–H groups in total. The summed E-state index contributed by atoms with van der Waals surface area (Å²) in [6.07, 6.45) is 1.53. The van der Waals surface area contributed by atoms with Gasteiger partial charge in [0.1, 0.15) is 6.61 Å². The molecule has 2 aliphatic rings. The highest BCUT2D eigenvalue weighted by molar-refractivity contribution is 7.89. The number of piperidine rings is 1. The summed E-state index contributed by atoms with van der Waals surface area (Å²) in [6.45, 7) is 4.91. The number of rotatable bonds is 6. The molecular weight excluding hydrogens is 386 g/mol. The normalized spacial score (nSPS) is 22.9. The third-order valence-corrected chi connectivity index (χ3v) is 7.69. The van der Waals surface area contributed by atoms with Gasteiger partial charge in [-0.05, 0) is 24.8 Å². The highest BCUT2D eigenvalue weighted by Gasteiger charge is 2.43. The van der Waals surface area contributed by atoms with E-state index in [1.165, 1.54) is 28.6 Å². The lowest BCUT2D eigenvalue weighted by atomic mass is 9.95. The molecule has 2 fully saturated rings. The molecule has 2 unspecified atom stereocenters. The summed E-state index contributed by atoms with van der Waals surface area (Å²) < 4.78 is 32.4. The summed E-state index contributed by atoms with van der Waals surface area (Å²) in [5, 5.41) is 11.2. The van der Waals surface area contributed by atoms with Gasteiger partial charge in [-0.2, -0.15) is 4.31 Å². The largest absolute Gasteiger partial charge is 0.447 e. The third kappa shape index (κ3) is 3.70. The number of nitro benzene ring substituents is 1. The minimum absolute atomic E-state index is 0.000804. The number of sulfonamides is 1. The van der Waals surface area contributed by atoms with E-state index >= 15 is 0 Å². The quantitative estimate of drug-likeness (QED) is 0.526. The van der Waals surface area contributed by atoms with E-state index in [0.717, 1.165) is 6.42 Å². The Kier molecular flexibility index (Phi) is 5.90. The molecule has 28 heavy (non-hydrogen) atoms. The summed E-state index contributed by atoms with van der Waals surface area (Å²) >= 11 is 0. The first-order chi connectivity index (χ1) is 13.3. The van der Waals surface area contributed by atoms with Crippen molar-refractivity contribution in [2.75, 3.05) is 19.7 Å². The second-order valence-electron chi connectivity index (χ2n) is 7.30. The average molecular weight is 411 g/mol. The van der Waals surface area contributed by atoms with E-state index in [9.17, 15) is 23.3 Å². The zero-order valence-electron chi connectivity index (χ0n) is 16.0. The van der Waals surface area contributed by atoms with Crippen LogP contribution in [0.3, 0.4) is 0 Å². The number of nitro groups is 1. The van der Waals surface area contributed by atoms with E-state index in [1.807, 2.05) is 0 Å². The fourth-order valence-corrected chi connectivity index (χ4v) is 5.53. The molecule has 0 radical (unpaired) electrons. The predicted molar refractivity (Wildman–Crippen MR) is 101 cm³/mol. The molecule has 10 heteroatoms. The van der Waals surface area contributed by atoms with E-state index < -0.39 is 20.6 Å². The van der Waals surface area contributed by atoms with Crippen LogP contribution in [0.1, 0.15) is 33.1 Å². The molecular formula is C18H25N3O6S. The molecule has 154 valence electrons. The number of carbonyl (C=O) groups excluding carboxylic acids is 1. The minimum atomic E-state index is -3.98. The van der Waals surface area contributed by atoms with Gasteiger partial charge in [-0.1, -0.05) is 32.4 Å².